The minimum Gasteiger partial charge on any atom is -0.497 e. The monoisotopic (exact) mass is 354 g/mol. The normalized spacial score (nSPS) is 11.8. The molecule has 1 heterocycles. The Morgan fingerprint density at radius 3 is 2.71 bits per heavy atom. The molecule has 112 valence electrons. The summed E-state index contributed by atoms with van der Waals surface area (Å²) >= 11 is 3.36. The average molecular weight is 355 g/mol. The molecule has 1 aromatic carbocycles. The molecule has 1 aromatic heterocycles. The van der Waals surface area contributed by atoms with Crippen molar-refractivity contribution in [3.05, 3.63) is 34.3 Å². The molecule has 0 saturated carbocycles. The zero-order valence-electron chi connectivity index (χ0n) is 11.8. The number of amides is 1. The van der Waals surface area contributed by atoms with Gasteiger partial charge in [0.05, 0.1) is 30.3 Å². The number of halogens is 1. The first-order valence-electron chi connectivity index (χ1n) is 6.14. The van der Waals surface area contributed by atoms with E-state index in [1.54, 1.807) is 19.1 Å². The van der Waals surface area contributed by atoms with E-state index in [9.17, 15) is 4.79 Å². The van der Waals surface area contributed by atoms with Crippen molar-refractivity contribution in [2.45, 2.75) is 13.0 Å². The second kappa shape index (κ2) is 6.57. The van der Waals surface area contributed by atoms with Gasteiger partial charge in [-0.3, -0.25) is 9.89 Å². The third-order valence-electron chi connectivity index (χ3n) is 2.89. The van der Waals surface area contributed by atoms with E-state index in [1.807, 2.05) is 0 Å². The van der Waals surface area contributed by atoms with Crippen molar-refractivity contribution < 1.29 is 14.3 Å². The van der Waals surface area contributed by atoms with Gasteiger partial charge in [-0.15, -0.1) is 0 Å². The second-order valence-electron chi connectivity index (χ2n) is 4.26. The fourth-order valence-electron chi connectivity index (χ4n) is 1.83. The lowest BCUT2D eigenvalue weighted by atomic mass is 10.1. The first-order valence-corrected chi connectivity index (χ1v) is 6.93. The van der Waals surface area contributed by atoms with Gasteiger partial charge in [-0.25, -0.2) is 4.98 Å². The van der Waals surface area contributed by atoms with Crippen LogP contribution >= 0.6 is 15.9 Å². The molecule has 1 atom stereocenters. The van der Waals surface area contributed by atoms with Gasteiger partial charge >= 0.3 is 0 Å². The molecular formula is C13H15BrN4O3. The Morgan fingerprint density at radius 1 is 1.38 bits per heavy atom. The molecular weight excluding hydrogens is 340 g/mol. The number of aromatic amines is 1. The number of carbonyl (C=O) groups excluding carboxylic acids is 1. The Bertz CT molecular complexity index is 631. The lowest BCUT2D eigenvalue weighted by Gasteiger charge is -2.15. The van der Waals surface area contributed by atoms with E-state index in [-0.39, 0.29) is 11.9 Å². The summed E-state index contributed by atoms with van der Waals surface area (Å²) in [4.78, 5) is 16.4. The molecule has 0 aliphatic carbocycles. The van der Waals surface area contributed by atoms with E-state index in [0.29, 0.717) is 27.4 Å². The number of rotatable bonds is 5. The van der Waals surface area contributed by atoms with Gasteiger partial charge in [0.15, 0.2) is 0 Å². The van der Waals surface area contributed by atoms with Crippen LogP contribution in [0.3, 0.4) is 0 Å². The summed E-state index contributed by atoms with van der Waals surface area (Å²) in [6.45, 7) is 1.81. The third-order valence-corrected chi connectivity index (χ3v) is 3.48. The van der Waals surface area contributed by atoms with Crippen molar-refractivity contribution in [1.29, 1.82) is 0 Å². The van der Waals surface area contributed by atoms with E-state index in [1.165, 1.54) is 20.5 Å². The maximum Gasteiger partial charge on any atom is 0.255 e. The first kappa shape index (κ1) is 15.3. The zero-order chi connectivity index (χ0) is 15.4. The van der Waals surface area contributed by atoms with Crippen molar-refractivity contribution in [3.63, 3.8) is 0 Å². The Balaban J connectivity index is 2.27. The van der Waals surface area contributed by atoms with Gasteiger partial charge in [0.1, 0.15) is 23.7 Å². The van der Waals surface area contributed by atoms with Crippen molar-refractivity contribution in [2.24, 2.45) is 0 Å². The molecule has 0 aliphatic heterocycles. The average Bonchev–Trinajstić information content (AvgIpc) is 3.00. The maximum atomic E-state index is 12.4. The molecule has 2 N–H and O–H groups in total. The lowest BCUT2D eigenvalue weighted by molar-refractivity contribution is 0.0934. The van der Waals surface area contributed by atoms with Crippen LogP contribution in [0.5, 0.6) is 11.5 Å². The number of ether oxygens (including phenoxy) is 2. The molecule has 7 nitrogen and oxygen atoms in total. The maximum absolute atomic E-state index is 12.4. The summed E-state index contributed by atoms with van der Waals surface area (Å²) in [6, 6.07) is 3.04. The molecule has 1 unspecified atom stereocenters. The molecule has 2 aromatic rings. The van der Waals surface area contributed by atoms with Crippen molar-refractivity contribution in [1.82, 2.24) is 20.5 Å². The summed E-state index contributed by atoms with van der Waals surface area (Å²) in [7, 11) is 3.04. The molecule has 0 radical (unpaired) electrons. The Labute approximate surface area is 130 Å². The van der Waals surface area contributed by atoms with Crippen LogP contribution in [0.4, 0.5) is 0 Å². The number of benzene rings is 1. The Morgan fingerprint density at radius 2 is 2.14 bits per heavy atom. The van der Waals surface area contributed by atoms with Crippen LogP contribution < -0.4 is 14.8 Å². The number of H-pyrrole nitrogens is 1. The van der Waals surface area contributed by atoms with Gasteiger partial charge in [0.25, 0.3) is 5.91 Å². The van der Waals surface area contributed by atoms with Crippen LogP contribution in [-0.4, -0.2) is 35.3 Å². The summed E-state index contributed by atoms with van der Waals surface area (Å²) < 4.78 is 11.1. The predicted octanol–water partition coefficient (Wildman–Crippen LogP) is 2.08. The van der Waals surface area contributed by atoms with E-state index in [0.717, 1.165) is 0 Å². The van der Waals surface area contributed by atoms with Crippen LogP contribution in [0.25, 0.3) is 0 Å². The minimum atomic E-state index is -0.310. The van der Waals surface area contributed by atoms with Crippen molar-refractivity contribution >= 4 is 21.8 Å². The smallest absolute Gasteiger partial charge is 0.255 e. The third kappa shape index (κ3) is 3.33. The van der Waals surface area contributed by atoms with Gasteiger partial charge in [0, 0.05) is 0 Å². The lowest BCUT2D eigenvalue weighted by Crippen LogP contribution is -2.27. The first-order chi connectivity index (χ1) is 10.1. The number of nitrogens with zero attached hydrogens (tertiary/aromatic N) is 2. The standard InChI is InChI=1S/C13H15BrN4O3/c1-7(12-15-6-16-18-12)17-13(19)9-4-8(20-2)5-10(14)11(9)21-3/h4-7H,1-3H3,(H,17,19)(H,15,16,18). The fraction of sp³-hybridized carbons (Fsp3) is 0.308. The number of carbonyl (C=O) groups is 1. The highest BCUT2D eigenvalue weighted by Gasteiger charge is 2.20. The molecule has 2 rings (SSSR count). The van der Waals surface area contributed by atoms with Gasteiger partial charge in [0.2, 0.25) is 0 Å². The summed E-state index contributed by atoms with van der Waals surface area (Å²) in [6.07, 6.45) is 1.39. The highest BCUT2D eigenvalue weighted by atomic mass is 79.9. The van der Waals surface area contributed by atoms with Gasteiger partial charge in [-0.05, 0) is 35.0 Å². The van der Waals surface area contributed by atoms with Crippen molar-refractivity contribution in [2.75, 3.05) is 14.2 Å². The number of aromatic nitrogens is 3. The molecule has 0 aliphatic rings. The molecule has 0 fully saturated rings. The van der Waals surface area contributed by atoms with E-state index in [2.05, 4.69) is 36.4 Å². The zero-order valence-corrected chi connectivity index (χ0v) is 13.4. The summed E-state index contributed by atoms with van der Waals surface area (Å²) in [5.41, 5.74) is 0.370. The van der Waals surface area contributed by atoms with Crippen LogP contribution in [-0.2, 0) is 0 Å². The molecule has 1 amide bonds. The highest BCUT2D eigenvalue weighted by Crippen LogP contribution is 2.33. The topological polar surface area (TPSA) is 89.1 Å². The van der Waals surface area contributed by atoms with Crippen LogP contribution in [0, 0.1) is 0 Å². The Hall–Kier alpha value is -2.09. The van der Waals surface area contributed by atoms with Gasteiger partial charge in [-0.1, -0.05) is 0 Å². The summed E-state index contributed by atoms with van der Waals surface area (Å²) in [5.74, 6) is 1.28. The van der Waals surface area contributed by atoms with Crippen LogP contribution in [0.1, 0.15) is 29.1 Å². The summed E-state index contributed by atoms with van der Waals surface area (Å²) in [5, 5.41) is 9.30. The van der Waals surface area contributed by atoms with E-state index in [4.69, 9.17) is 9.47 Å². The molecule has 8 heteroatoms. The minimum absolute atomic E-state index is 0.296. The SMILES string of the molecule is COc1cc(Br)c(OC)c(C(=O)NC(C)c2ncn[nH]2)c1. The van der Waals surface area contributed by atoms with Crippen LogP contribution in [0.15, 0.2) is 22.9 Å². The van der Waals surface area contributed by atoms with Gasteiger partial charge < -0.3 is 14.8 Å². The predicted molar refractivity (Wildman–Crippen MR) is 79.5 cm³/mol. The number of nitrogens with one attached hydrogen (secondary N) is 2. The number of hydrogen-bond acceptors (Lipinski definition) is 5. The van der Waals surface area contributed by atoms with E-state index < -0.39 is 0 Å². The van der Waals surface area contributed by atoms with Crippen LogP contribution in [0.2, 0.25) is 0 Å². The highest BCUT2D eigenvalue weighted by molar-refractivity contribution is 9.10. The number of hydrogen-bond donors (Lipinski definition) is 2. The van der Waals surface area contributed by atoms with Gasteiger partial charge in [-0.2, -0.15) is 5.10 Å². The molecule has 0 bridgehead atoms. The van der Waals surface area contributed by atoms with Crippen molar-refractivity contribution in [3.8, 4) is 11.5 Å². The quantitative estimate of drug-likeness (QED) is 0.857. The van der Waals surface area contributed by atoms with E-state index >= 15 is 0 Å². The molecule has 0 saturated heterocycles. The fourth-order valence-corrected chi connectivity index (χ4v) is 2.43. The Kier molecular flexibility index (Phi) is 4.79. The molecule has 21 heavy (non-hydrogen) atoms. The molecule has 0 spiro atoms. The largest absolute Gasteiger partial charge is 0.497 e. The second-order valence-corrected chi connectivity index (χ2v) is 5.11. The number of methoxy groups -OCH3 is 2.